The Kier molecular flexibility index (Phi) is 4.28. The minimum Gasteiger partial charge on any atom is -0.394 e. The van der Waals surface area contributed by atoms with Crippen LogP contribution in [0.4, 0.5) is 14.5 Å². The second kappa shape index (κ2) is 6.27. The Bertz CT molecular complexity index is 1010. The molecule has 0 spiro atoms. The number of nitrogens with zero attached hydrogens (tertiary/aromatic N) is 3. The number of hydrogen-bond acceptors (Lipinski definition) is 4. The number of anilines is 1. The van der Waals surface area contributed by atoms with Gasteiger partial charge < -0.3 is 15.3 Å². The highest BCUT2D eigenvalue weighted by molar-refractivity contribution is 5.77. The molecule has 0 saturated carbocycles. The first-order chi connectivity index (χ1) is 11.8. The minimum atomic E-state index is -0.582. The molecule has 0 bridgehead atoms. The van der Waals surface area contributed by atoms with Crippen molar-refractivity contribution in [1.82, 2.24) is 19.5 Å². The molecule has 3 N–H and O–H groups in total. The molecule has 6 nitrogen and oxygen atoms in total. The SMILES string of the molecule is Cc1c(F)cc(N)c(=O)n1Cc1nc2c(F)cnc(CC(C)C)c2[nH]1. The number of imidazole rings is 1. The first-order valence-electron chi connectivity index (χ1n) is 7.95. The van der Waals surface area contributed by atoms with Gasteiger partial charge in [0.2, 0.25) is 0 Å². The summed E-state index contributed by atoms with van der Waals surface area (Å²) >= 11 is 0. The first-order valence-corrected chi connectivity index (χ1v) is 7.95. The quantitative estimate of drug-likeness (QED) is 0.759. The molecule has 3 rings (SSSR count). The fourth-order valence-electron chi connectivity index (χ4n) is 2.76. The Morgan fingerprint density at radius 3 is 2.72 bits per heavy atom. The fraction of sp³-hybridized carbons (Fsp3) is 0.353. The van der Waals surface area contributed by atoms with Gasteiger partial charge in [0.25, 0.3) is 5.56 Å². The lowest BCUT2D eigenvalue weighted by molar-refractivity contribution is 0.574. The molecule has 0 aliphatic rings. The highest BCUT2D eigenvalue weighted by atomic mass is 19.1. The van der Waals surface area contributed by atoms with E-state index in [9.17, 15) is 13.6 Å². The van der Waals surface area contributed by atoms with Gasteiger partial charge in [0, 0.05) is 6.07 Å². The monoisotopic (exact) mass is 347 g/mol. The molecule has 0 fully saturated rings. The zero-order valence-electron chi connectivity index (χ0n) is 14.2. The van der Waals surface area contributed by atoms with E-state index >= 15 is 0 Å². The predicted octanol–water partition coefficient (Wildman–Crippen LogP) is 2.54. The highest BCUT2D eigenvalue weighted by Crippen LogP contribution is 2.21. The van der Waals surface area contributed by atoms with E-state index in [1.807, 2.05) is 13.8 Å². The summed E-state index contributed by atoms with van der Waals surface area (Å²) in [6.45, 7) is 5.51. The van der Waals surface area contributed by atoms with Crippen molar-refractivity contribution < 1.29 is 8.78 Å². The Morgan fingerprint density at radius 2 is 2.04 bits per heavy atom. The van der Waals surface area contributed by atoms with Gasteiger partial charge in [0.05, 0.1) is 29.6 Å². The third kappa shape index (κ3) is 3.11. The maximum Gasteiger partial charge on any atom is 0.274 e. The molecule has 0 aliphatic heterocycles. The van der Waals surface area contributed by atoms with E-state index in [0.29, 0.717) is 29.4 Å². The maximum absolute atomic E-state index is 14.0. The van der Waals surface area contributed by atoms with Crippen LogP contribution in [0.2, 0.25) is 0 Å². The molecule has 132 valence electrons. The van der Waals surface area contributed by atoms with Crippen LogP contribution in [0.1, 0.15) is 31.1 Å². The lowest BCUT2D eigenvalue weighted by Gasteiger charge is -2.10. The van der Waals surface area contributed by atoms with E-state index in [2.05, 4.69) is 15.0 Å². The van der Waals surface area contributed by atoms with Crippen LogP contribution in [0, 0.1) is 24.5 Å². The van der Waals surface area contributed by atoms with E-state index in [0.717, 1.165) is 12.3 Å². The largest absolute Gasteiger partial charge is 0.394 e. The molecule has 0 saturated heterocycles. The number of pyridine rings is 2. The van der Waals surface area contributed by atoms with Crippen LogP contribution in [0.3, 0.4) is 0 Å². The standard InChI is InChI=1S/C17H19F2N5O/c1-8(2)4-13-16-15(11(19)6-21-13)22-14(23-16)7-24-9(3)10(18)5-12(20)17(24)25/h5-6,8H,4,7,20H2,1-3H3,(H,22,23). The smallest absolute Gasteiger partial charge is 0.274 e. The fourth-order valence-corrected chi connectivity index (χ4v) is 2.76. The molecule has 0 aromatic carbocycles. The van der Waals surface area contributed by atoms with Crippen LogP contribution in [-0.2, 0) is 13.0 Å². The van der Waals surface area contributed by atoms with Crippen LogP contribution in [0.25, 0.3) is 11.0 Å². The van der Waals surface area contributed by atoms with E-state index < -0.39 is 17.2 Å². The summed E-state index contributed by atoms with van der Waals surface area (Å²) in [5.41, 5.74) is 6.35. The normalized spacial score (nSPS) is 11.6. The van der Waals surface area contributed by atoms with Crippen molar-refractivity contribution >= 4 is 16.7 Å². The lowest BCUT2D eigenvalue weighted by atomic mass is 10.1. The molecule has 0 aliphatic carbocycles. The predicted molar refractivity (Wildman–Crippen MR) is 91.3 cm³/mol. The maximum atomic E-state index is 14.0. The minimum absolute atomic E-state index is 0.0398. The molecule has 25 heavy (non-hydrogen) atoms. The zero-order chi connectivity index (χ0) is 18.3. The molecular weight excluding hydrogens is 328 g/mol. The Morgan fingerprint density at radius 1 is 1.32 bits per heavy atom. The first kappa shape index (κ1) is 17.1. The summed E-state index contributed by atoms with van der Waals surface area (Å²) in [6.07, 6.45) is 1.80. The van der Waals surface area contributed by atoms with Gasteiger partial charge in [-0.25, -0.2) is 13.8 Å². The summed E-state index contributed by atoms with van der Waals surface area (Å²) in [4.78, 5) is 23.6. The van der Waals surface area contributed by atoms with Gasteiger partial charge >= 0.3 is 0 Å². The lowest BCUT2D eigenvalue weighted by Crippen LogP contribution is -2.26. The zero-order valence-corrected chi connectivity index (χ0v) is 14.2. The van der Waals surface area contributed by atoms with E-state index in [1.165, 1.54) is 11.5 Å². The number of fused-ring (bicyclic) bond motifs is 1. The third-order valence-electron chi connectivity index (χ3n) is 4.04. The molecule has 3 aromatic heterocycles. The van der Waals surface area contributed by atoms with E-state index in [1.54, 1.807) is 0 Å². The number of halogens is 2. The number of nitrogens with two attached hydrogens (primary N) is 1. The number of H-pyrrole nitrogens is 1. The van der Waals surface area contributed by atoms with Gasteiger partial charge in [0.1, 0.15) is 22.8 Å². The molecule has 8 heteroatoms. The number of nitrogen functional groups attached to an aromatic ring is 1. The molecule has 3 heterocycles. The molecule has 0 unspecified atom stereocenters. The van der Waals surface area contributed by atoms with Crippen molar-refractivity contribution in [3.63, 3.8) is 0 Å². The molecule has 0 amide bonds. The Labute approximate surface area is 142 Å². The van der Waals surface area contributed by atoms with Crippen molar-refractivity contribution in [3.05, 3.63) is 51.5 Å². The van der Waals surface area contributed by atoms with Crippen molar-refractivity contribution in [3.8, 4) is 0 Å². The number of aromatic amines is 1. The van der Waals surface area contributed by atoms with Crippen molar-refractivity contribution in [2.24, 2.45) is 5.92 Å². The van der Waals surface area contributed by atoms with Crippen LogP contribution < -0.4 is 11.3 Å². The number of hydrogen-bond donors (Lipinski definition) is 2. The van der Waals surface area contributed by atoms with Gasteiger partial charge in [0.15, 0.2) is 5.82 Å². The van der Waals surface area contributed by atoms with E-state index in [-0.39, 0.29) is 23.4 Å². The molecule has 0 radical (unpaired) electrons. The van der Waals surface area contributed by atoms with Crippen LogP contribution >= 0.6 is 0 Å². The molecular formula is C17H19F2N5O. The second-order valence-corrected chi connectivity index (χ2v) is 6.48. The third-order valence-corrected chi connectivity index (χ3v) is 4.04. The van der Waals surface area contributed by atoms with Crippen molar-refractivity contribution in [2.75, 3.05) is 5.73 Å². The van der Waals surface area contributed by atoms with Crippen LogP contribution in [0.5, 0.6) is 0 Å². The Balaban J connectivity index is 2.10. The average molecular weight is 347 g/mol. The summed E-state index contributed by atoms with van der Waals surface area (Å²) in [7, 11) is 0. The van der Waals surface area contributed by atoms with Gasteiger partial charge in [-0.3, -0.25) is 9.78 Å². The number of rotatable bonds is 4. The van der Waals surface area contributed by atoms with Gasteiger partial charge in [-0.1, -0.05) is 13.8 Å². The van der Waals surface area contributed by atoms with Crippen LogP contribution in [0.15, 0.2) is 17.1 Å². The van der Waals surface area contributed by atoms with Crippen molar-refractivity contribution in [2.45, 2.75) is 33.7 Å². The van der Waals surface area contributed by atoms with Gasteiger partial charge in [-0.05, 0) is 19.3 Å². The van der Waals surface area contributed by atoms with Crippen LogP contribution in [-0.4, -0.2) is 19.5 Å². The number of aromatic nitrogens is 4. The van der Waals surface area contributed by atoms with E-state index in [4.69, 9.17) is 5.73 Å². The Hall–Kier alpha value is -2.77. The summed E-state index contributed by atoms with van der Waals surface area (Å²) in [6, 6.07) is 0.997. The molecule has 0 atom stereocenters. The van der Waals surface area contributed by atoms with Gasteiger partial charge in [-0.15, -0.1) is 0 Å². The number of nitrogens with one attached hydrogen (secondary N) is 1. The second-order valence-electron chi connectivity index (χ2n) is 6.48. The summed E-state index contributed by atoms with van der Waals surface area (Å²) in [5, 5.41) is 0. The van der Waals surface area contributed by atoms with Crippen molar-refractivity contribution in [1.29, 1.82) is 0 Å². The summed E-state index contributed by atoms with van der Waals surface area (Å²) < 4.78 is 29.1. The summed E-state index contributed by atoms with van der Waals surface area (Å²) in [5.74, 6) is -0.461. The highest BCUT2D eigenvalue weighted by Gasteiger charge is 2.16. The molecule has 3 aromatic rings. The van der Waals surface area contributed by atoms with Gasteiger partial charge in [-0.2, -0.15) is 0 Å². The average Bonchev–Trinajstić information content (AvgIpc) is 2.97. The topological polar surface area (TPSA) is 89.6 Å².